The number of hydrogen-bond donors (Lipinski definition) is 1. The van der Waals surface area contributed by atoms with Crippen molar-refractivity contribution in [2.24, 2.45) is 11.3 Å². The molecule has 0 radical (unpaired) electrons. The molecule has 2 aromatic carbocycles. The number of carbonyl (C=O) groups is 3. The van der Waals surface area contributed by atoms with Crippen molar-refractivity contribution in [3.05, 3.63) is 88.2 Å². The standard InChI is InChI=1S/C40H55N3O12S2Si/c1-7-58(8-2,9-3)54-28-40(27-31-16-12-10-11-15-25-42(31)57(51,52)37-18-14-13-17-34(37)43(47)48)33(35(45)26-36(53-6)39(40)55-30(5)44)23-24-38(46)41-56(49,50)32-21-19-29(4)20-22-32/h12-14,16-22,26,31,33,39H,7-11,15,23-25,27-28H2,1-6H3,(H,41,46)/b16-12-/t31-,33-,39+,40-/m0/s1. The molecule has 318 valence electrons. The number of nitrogens with zero attached hydrogens (tertiary/aromatic N) is 2. The lowest BCUT2D eigenvalue weighted by Crippen LogP contribution is -2.58. The van der Waals surface area contributed by atoms with Gasteiger partial charge in [0.05, 0.1) is 16.9 Å². The zero-order valence-electron chi connectivity index (χ0n) is 34.0. The first-order chi connectivity index (χ1) is 27.4. The molecule has 0 fully saturated rings. The first kappa shape index (κ1) is 46.5. The number of sulfonamides is 2. The molecule has 1 N–H and O–H groups in total. The van der Waals surface area contributed by atoms with E-state index in [2.05, 4.69) is 4.72 Å². The predicted octanol–water partition coefficient (Wildman–Crippen LogP) is 6.35. The smallest absolute Gasteiger partial charge is 0.303 e. The average molecular weight is 862 g/mol. The van der Waals surface area contributed by atoms with E-state index in [4.69, 9.17) is 13.9 Å². The first-order valence-corrected chi connectivity index (χ1v) is 25.0. The van der Waals surface area contributed by atoms with Gasteiger partial charge in [-0.1, -0.05) is 62.8 Å². The fourth-order valence-corrected chi connectivity index (χ4v) is 13.4. The molecule has 18 heteroatoms. The van der Waals surface area contributed by atoms with Crippen LogP contribution < -0.4 is 4.72 Å². The number of hydrogen-bond acceptors (Lipinski definition) is 12. The summed E-state index contributed by atoms with van der Waals surface area (Å²) in [6.07, 6.45) is 4.13. The Bertz CT molecular complexity index is 2100. The zero-order chi connectivity index (χ0) is 42.9. The number of esters is 1. The van der Waals surface area contributed by atoms with Crippen molar-refractivity contribution >= 4 is 51.7 Å². The van der Waals surface area contributed by atoms with Crippen molar-refractivity contribution in [2.75, 3.05) is 20.3 Å². The van der Waals surface area contributed by atoms with E-state index in [-0.39, 0.29) is 36.6 Å². The second-order valence-corrected chi connectivity index (χ2v) is 23.2. The second-order valence-electron chi connectivity index (χ2n) is 14.9. The summed E-state index contributed by atoms with van der Waals surface area (Å²) in [6.45, 7) is 8.78. The van der Waals surface area contributed by atoms with E-state index < -0.39 is 91.4 Å². The molecule has 4 atom stereocenters. The number of ether oxygens (including phenoxy) is 2. The van der Waals surface area contributed by atoms with Crippen LogP contribution in [0.2, 0.25) is 18.1 Å². The molecule has 0 saturated heterocycles. The van der Waals surface area contributed by atoms with Crippen LogP contribution >= 0.6 is 0 Å². The lowest BCUT2D eigenvalue weighted by atomic mass is 9.61. The van der Waals surface area contributed by atoms with Gasteiger partial charge < -0.3 is 13.9 Å². The van der Waals surface area contributed by atoms with Gasteiger partial charge in [-0.2, -0.15) is 4.31 Å². The molecule has 0 unspecified atom stereocenters. The van der Waals surface area contributed by atoms with Gasteiger partial charge in [0, 0.05) is 56.0 Å². The molecule has 0 aromatic heterocycles. The Morgan fingerprint density at radius 3 is 2.28 bits per heavy atom. The highest BCUT2D eigenvalue weighted by Gasteiger charge is 2.57. The van der Waals surface area contributed by atoms with E-state index >= 15 is 0 Å². The molecule has 2 aromatic rings. The summed E-state index contributed by atoms with van der Waals surface area (Å²) in [5.74, 6) is -3.33. The molecule has 58 heavy (non-hydrogen) atoms. The summed E-state index contributed by atoms with van der Waals surface area (Å²) >= 11 is 0. The van der Waals surface area contributed by atoms with Crippen molar-refractivity contribution in [2.45, 2.75) is 113 Å². The number of amides is 1. The lowest BCUT2D eigenvalue weighted by molar-refractivity contribution is -0.387. The van der Waals surface area contributed by atoms with Crippen molar-refractivity contribution in [1.82, 2.24) is 9.03 Å². The van der Waals surface area contributed by atoms with Gasteiger partial charge >= 0.3 is 5.97 Å². The molecule has 1 aliphatic heterocycles. The van der Waals surface area contributed by atoms with E-state index in [1.807, 2.05) is 26.8 Å². The van der Waals surface area contributed by atoms with Crippen LogP contribution in [-0.2, 0) is 48.3 Å². The minimum Gasteiger partial charge on any atom is -0.497 e. The normalized spacial score (nSPS) is 22.6. The Labute approximate surface area is 342 Å². The molecule has 4 rings (SSSR count). The lowest BCUT2D eigenvalue weighted by Gasteiger charge is -2.50. The summed E-state index contributed by atoms with van der Waals surface area (Å²) in [4.78, 5) is 51.6. The number of allylic oxidation sites excluding steroid dienone is 2. The van der Waals surface area contributed by atoms with Crippen LogP contribution in [0.15, 0.2) is 82.3 Å². The Balaban J connectivity index is 1.92. The maximum absolute atomic E-state index is 14.7. The van der Waals surface area contributed by atoms with E-state index in [9.17, 15) is 41.3 Å². The third-order valence-corrected chi connectivity index (χ3v) is 19.4. The third kappa shape index (κ3) is 10.5. The number of benzene rings is 2. The van der Waals surface area contributed by atoms with Crippen LogP contribution in [0.25, 0.3) is 0 Å². The number of methoxy groups -OCH3 is 1. The number of nitro groups is 1. The summed E-state index contributed by atoms with van der Waals surface area (Å²) in [7, 11) is -10.1. The maximum atomic E-state index is 14.7. The van der Waals surface area contributed by atoms with Gasteiger partial charge in [0.2, 0.25) is 15.9 Å². The molecule has 15 nitrogen and oxygen atoms in total. The average Bonchev–Trinajstić information content (AvgIpc) is 3.17. The quantitative estimate of drug-likeness (QED) is 0.0573. The summed E-state index contributed by atoms with van der Waals surface area (Å²) in [5, 5.41) is 12.1. The molecule has 2 aliphatic rings. The monoisotopic (exact) mass is 861 g/mol. The van der Waals surface area contributed by atoms with Crippen molar-refractivity contribution in [3.63, 3.8) is 0 Å². The minimum atomic E-state index is -4.59. The molecular formula is C40H55N3O12S2Si. The van der Waals surface area contributed by atoms with Gasteiger partial charge in [0.15, 0.2) is 25.1 Å². The van der Waals surface area contributed by atoms with Gasteiger partial charge in [-0.05, 0) is 75.4 Å². The molecule has 1 heterocycles. The van der Waals surface area contributed by atoms with Gasteiger partial charge in [0.1, 0.15) is 5.76 Å². The fraction of sp³-hybridized carbons (Fsp3) is 0.525. The van der Waals surface area contributed by atoms with E-state index in [1.165, 1.54) is 54.7 Å². The molecule has 0 saturated carbocycles. The van der Waals surface area contributed by atoms with Crippen LogP contribution in [0.1, 0.15) is 71.8 Å². The molecule has 1 aliphatic carbocycles. The Morgan fingerprint density at radius 2 is 1.67 bits per heavy atom. The Kier molecular flexibility index (Phi) is 15.8. The van der Waals surface area contributed by atoms with Crippen molar-refractivity contribution < 1.29 is 50.0 Å². The van der Waals surface area contributed by atoms with E-state index in [0.717, 1.165) is 11.6 Å². The Hall–Kier alpha value is -4.23. The van der Waals surface area contributed by atoms with Crippen LogP contribution in [-0.4, -0.2) is 84.4 Å². The number of para-hydroxylation sites is 1. The topological polar surface area (TPSA) is 206 Å². The minimum absolute atomic E-state index is 0.00820. The Morgan fingerprint density at radius 1 is 1.02 bits per heavy atom. The van der Waals surface area contributed by atoms with E-state index in [1.54, 1.807) is 25.1 Å². The number of aryl methyl sites for hydroxylation is 1. The van der Waals surface area contributed by atoms with Crippen molar-refractivity contribution in [1.29, 1.82) is 0 Å². The number of nitrogens with one attached hydrogen (secondary N) is 1. The SMILES string of the molecule is CC[Si](CC)(CC)OC[C@]1(C[C@@H]2/C=C\CCCCN2S(=O)(=O)c2ccccc2[N+](=O)[O-])[C@H](OC(C)=O)C(OC)=CC(=O)[C@@H]1CCC(=O)NS(=O)(=O)c1ccc(C)cc1. The number of ketones is 1. The predicted molar refractivity (Wildman–Crippen MR) is 219 cm³/mol. The van der Waals surface area contributed by atoms with Crippen LogP contribution in [0.4, 0.5) is 5.69 Å². The molecule has 0 spiro atoms. The highest BCUT2D eigenvalue weighted by molar-refractivity contribution is 7.90. The summed E-state index contributed by atoms with van der Waals surface area (Å²) in [6, 6.07) is 12.0. The largest absolute Gasteiger partial charge is 0.497 e. The number of carbonyl (C=O) groups excluding carboxylic acids is 3. The summed E-state index contributed by atoms with van der Waals surface area (Å²) in [5.41, 5.74) is -1.38. The maximum Gasteiger partial charge on any atom is 0.303 e. The second kappa shape index (κ2) is 19.7. The summed E-state index contributed by atoms with van der Waals surface area (Å²) < 4.78 is 77.7. The van der Waals surface area contributed by atoms with Gasteiger partial charge in [-0.25, -0.2) is 21.6 Å². The zero-order valence-corrected chi connectivity index (χ0v) is 36.6. The van der Waals surface area contributed by atoms with Crippen LogP contribution in [0.5, 0.6) is 0 Å². The van der Waals surface area contributed by atoms with Crippen LogP contribution in [0.3, 0.4) is 0 Å². The molecule has 0 bridgehead atoms. The number of nitro benzene ring substituents is 1. The number of rotatable bonds is 18. The van der Waals surface area contributed by atoms with Crippen molar-refractivity contribution in [3.8, 4) is 0 Å². The fourth-order valence-electron chi connectivity index (χ4n) is 7.94. The van der Waals surface area contributed by atoms with Gasteiger partial charge in [0.25, 0.3) is 15.7 Å². The molecule has 1 amide bonds. The van der Waals surface area contributed by atoms with Gasteiger partial charge in [-0.15, -0.1) is 0 Å². The van der Waals surface area contributed by atoms with E-state index in [0.29, 0.717) is 37.4 Å². The highest BCUT2D eigenvalue weighted by Crippen LogP contribution is 2.50. The first-order valence-electron chi connectivity index (χ1n) is 19.5. The third-order valence-electron chi connectivity index (χ3n) is 11.4. The highest BCUT2D eigenvalue weighted by atomic mass is 32.2. The van der Waals surface area contributed by atoms with Gasteiger partial charge in [-0.3, -0.25) is 24.5 Å². The molecular weight excluding hydrogens is 807 g/mol. The van der Waals surface area contributed by atoms with Crippen LogP contribution in [0, 0.1) is 28.4 Å².